The molecule has 0 spiro atoms. The number of hydrogen-bond donors (Lipinski definition) is 2. The lowest BCUT2D eigenvalue weighted by molar-refractivity contribution is 0.629. The van der Waals surface area contributed by atoms with E-state index in [1.807, 2.05) is 41.0 Å². The SMILES string of the molecule is Fc1ccc2nc(CNc3ccnc4nc[nH]c34)n(-c3ccccc3)c2c1. The van der Waals surface area contributed by atoms with Crippen LogP contribution in [0.4, 0.5) is 10.1 Å². The minimum atomic E-state index is -0.285. The molecular weight excluding hydrogens is 343 g/mol. The van der Waals surface area contributed by atoms with E-state index in [2.05, 4.69) is 20.3 Å². The molecule has 132 valence electrons. The third-order valence-corrected chi connectivity index (χ3v) is 4.46. The van der Waals surface area contributed by atoms with E-state index in [1.54, 1.807) is 18.6 Å². The molecule has 7 heteroatoms. The fourth-order valence-electron chi connectivity index (χ4n) is 3.25. The van der Waals surface area contributed by atoms with Crippen LogP contribution in [-0.2, 0) is 6.54 Å². The molecule has 5 rings (SSSR count). The van der Waals surface area contributed by atoms with Crippen LogP contribution in [0.3, 0.4) is 0 Å². The molecule has 2 aromatic carbocycles. The molecule has 0 fully saturated rings. The van der Waals surface area contributed by atoms with E-state index in [-0.39, 0.29) is 5.82 Å². The number of nitrogens with zero attached hydrogens (tertiary/aromatic N) is 4. The van der Waals surface area contributed by atoms with E-state index in [0.717, 1.165) is 33.7 Å². The van der Waals surface area contributed by atoms with Gasteiger partial charge in [0.05, 0.1) is 29.6 Å². The Hall–Kier alpha value is -3.74. The van der Waals surface area contributed by atoms with Crippen LogP contribution in [0.1, 0.15) is 5.82 Å². The van der Waals surface area contributed by atoms with Crippen molar-refractivity contribution in [2.24, 2.45) is 0 Å². The number of H-pyrrole nitrogens is 1. The Morgan fingerprint density at radius 1 is 1.04 bits per heavy atom. The van der Waals surface area contributed by atoms with Crippen LogP contribution >= 0.6 is 0 Å². The molecule has 0 aliphatic heterocycles. The number of hydrogen-bond acceptors (Lipinski definition) is 4. The molecule has 3 heterocycles. The number of anilines is 1. The van der Waals surface area contributed by atoms with Crippen LogP contribution in [0.5, 0.6) is 0 Å². The lowest BCUT2D eigenvalue weighted by atomic mass is 10.2. The molecule has 6 nitrogen and oxygen atoms in total. The molecule has 0 atom stereocenters. The van der Waals surface area contributed by atoms with Gasteiger partial charge in [0, 0.05) is 18.0 Å². The molecule has 2 N–H and O–H groups in total. The molecular formula is C20H15FN6. The number of pyridine rings is 1. The van der Waals surface area contributed by atoms with Crippen LogP contribution in [0.25, 0.3) is 27.9 Å². The maximum Gasteiger partial charge on any atom is 0.179 e. The fourth-order valence-corrected chi connectivity index (χ4v) is 3.25. The van der Waals surface area contributed by atoms with Crippen molar-refractivity contribution in [2.45, 2.75) is 6.54 Å². The van der Waals surface area contributed by atoms with Crippen LogP contribution in [0, 0.1) is 5.82 Å². The largest absolute Gasteiger partial charge is 0.376 e. The Balaban J connectivity index is 1.59. The Bertz CT molecular complexity index is 1240. The number of fused-ring (bicyclic) bond motifs is 2. The first-order chi connectivity index (χ1) is 13.3. The van der Waals surface area contributed by atoms with Gasteiger partial charge in [0.15, 0.2) is 5.65 Å². The second-order valence-corrected chi connectivity index (χ2v) is 6.15. The van der Waals surface area contributed by atoms with E-state index < -0.39 is 0 Å². The molecule has 0 amide bonds. The highest BCUT2D eigenvalue weighted by Gasteiger charge is 2.14. The monoisotopic (exact) mass is 358 g/mol. The Morgan fingerprint density at radius 3 is 2.81 bits per heavy atom. The first kappa shape index (κ1) is 15.5. The zero-order valence-corrected chi connectivity index (χ0v) is 14.2. The second kappa shape index (κ2) is 6.21. The predicted molar refractivity (Wildman–Crippen MR) is 102 cm³/mol. The summed E-state index contributed by atoms with van der Waals surface area (Å²) < 4.78 is 15.8. The molecule has 0 saturated carbocycles. The minimum Gasteiger partial charge on any atom is -0.376 e. The van der Waals surface area contributed by atoms with E-state index in [9.17, 15) is 4.39 Å². The van der Waals surface area contributed by atoms with E-state index in [4.69, 9.17) is 4.98 Å². The highest BCUT2D eigenvalue weighted by Crippen LogP contribution is 2.24. The molecule has 3 aromatic heterocycles. The molecule has 0 radical (unpaired) electrons. The van der Waals surface area contributed by atoms with Crippen LogP contribution in [-0.4, -0.2) is 24.5 Å². The van der Waals surface area contributed by atoms with Gasteiger partial charge >= 0.3 is 0 Å². The number of benzene rings is 2. The molecule has 0 saturated heterocycles. The third kappa shape index (κ3) is 2.69. The zero-order valence-electron chi connectivity index (χ0n) is 14.2. The minimum absolute atomic E-state index is 0.285. The number of para-hydroxylation sites is 1. The van der Waals surface area contributed by atoms with Crippen LogP contribution < -0.4 is 5.32 Å². The average Bonchev–Trinajstić information content (AvgIpc) is 3.31. The zero-order chi connectivity index (χ0) is 18.2. The first-order valence-corrected chi connectivity index (χ1v) is 8.54. The second-order valence-electron chi connectivity index (χ2n) is 6.15. The third-order valence-electron chi connectivity index (χ3n) is 4.46. The van der Waals surface area contributed by atoms with Crippen molar-refractivity contribution in [1.29, 1.82) is 0 Å². The molecule has 0 bridgehead atoms. The Kier molecular flexibility index (Phi) is 3.57. The van der Waals surface area contributed by atoms with Gasteiger partial charge in [-0.05, 0) is 30.3 Å². The lowest BCUT2D eigenvalue weighted by Gasteiger charge is -2.11. The van der Waals surface area contributed by atoms with Crippen molar-refractivity contribution in [3.8, 4) is 5.69 Å². The van der Waals surface area contributed by atoms with Gasteiger partial charge in [-0.3, -0.25) is 4.57 Å². The summed E-state index contributed by atoms with van der Waals surface area (Å²) in [7, 11) is 0. The topological polar surface area (TPSA) is 71.4 Å². The number of aromatic nitrogens is 5. The van der Waals surface area contributed by atoms with Crippen molar-refractivity contribution in [3.05, 3.63) is 78.8 Å². The smallest absolute Gasteiger partial charge is 0.179 e. The molecule has 27 heavy (non-hydrogen) atoms. The summed E-state index contributed by atoms with van der Waals surface area (Å²) in [6, 6.07) is 16.3. The molecule has 0 aliphatic rings. The normalized spacial score (nSPS) is 11.3. The number of aromatic amines is 1. The summed E-state index contributed by atoms with van der Waals surface area (Å²) in [4.78, 5) is 16.2. The number of imidazole rings is 2. The van der Waals surface area contributed by atoms with Gasteiger partial charge in [-0.15, -0.1) is 0 Å². The van der Waals surface area contributed by atoms with Gasteiger partial charge in [0.1, 0.15) is 17.2 Å². The van der Waals surface area contributed by atoms with Gasteiger partial charge in [0.25, 0.3) is 0 Å². The highest BCUT2D eigenvalue weighted by atomic mass is 19.1. The van der Waals surface area contributed by atoms with Gasteiger partial charge in [0.2, 0.25) is 0 Å². The maximum atomic E-state index is 13.9. The van der Waals surface area contributed by atoms with Crippen LogP contribution in [0.2, 0.25) is 0 Å². The molecule has 5 aromatic rings. The summed E-state index contributed by atoms with van der Waals surface area (Å²) in [5.74, 6) is 0.499. The van der Waals surface area contributed by atoms with Crippen molar-refractivity contribution >= 4 is 27.9 Å². The first-order valence-electron chi connectivity index (χ1n) is 8.54. The Labute approximate surface area is 153 Å². The standard InChI is InChI=1S/C20H15FN6/c21-13-6-7-15-17(10-13)27(14-4-2-1-3-5-14)18(26-15)11-23-16-8-9-22-20-19(16)24-12-25-20/h1-10,12H,11H2,(H2,22,23,24,25). The van der Waals surface area contributed by atoms with Gasteiger partial charge < -0.3 is 10.3 Å². The Morgan fingerprint density at radius 2 is 1.93 bits per heavy atom. The average molecular weight is 358 g/mol. The number of halogens is 1. The maximum absolute atomic E-state index is 13.9. The van der Waals surface area contributed by atoms with Crippen LogP contribution in [0.15, 0.2) is 67.1 Å². The fraction of sp³-hybridized carbons (Fsp3) is 0.0500. The predicted octanol–water partition coefficient (Wildman–Crippen LogP) is 4.05. The molecule has 0 aliphatic carbocycles. The van der Waals surface area contributed by atoms with E-state index in [0.29, 0.717) is 12.2 Å². The van der Waals surface area contributed by atoms with E-state index in [1.165, 1.54) is 12.1 Å². The van der Waals surface area contributed by atoms with Gasteiger partial charge in [-0.2, -0.15) is 0 Å². The van der Waals surface area contributed by atoms with Crippen molar-refractivity contribution < 1.29 is 4.39 Å². The number of rotatable bonds is 4. The summed E-state index contributed by atoms with van der Waals surface area (Å²) in [6.45, 7) is 0.462. The summed E-state index contributed by atoms with van der Waals surface area (Å²) >= 11 is 0. The lowest BCUT2D eigenvalue weighted by Crippen LogP contribution is -2.08. The molecule has 0 unspecified atom stereocenters. The summed E-state index contributed by atoms with van der Waals surface area (Å²) in [5, 5.41) is 3.39. The van der Waals surface area contributed by atoms with E-state index >= 15 is 0 Å². The van der Waals surface area contributed by atoms with Crippen molar-refractivity contribution in [3.63, 3.8) is 0 Å². The van der Waals surface area contributed by atoms with Gasteiger partial charge in [-0.1, -0.05) is 18.2 Å². The summed E-state index contributed by atoms with van der Waals surface area (Å²) in [5.41, 5.74) is 4.79. The highest BCUT2D eigenvalue weighted by molar-refractivity contribution is 5.84. The summed E-state index contributed by atoms with van der Waals surface area (Å²) in [6.07, 6.45) is 3.33. The quantitative estimate of drug-likeness (QED) is 0.508. The van der Waals surface area contributed by atoms with Crippen molar-refractivity contribution in [1.82, 2.24) is 24.5 Å². The van der Waals surface area contributed by atoms with Crippen molar-refractivity contribution in [2.75, 3.05) is 5.32 Å². The number of nitrogens with one attached hydrogen (secondary N) is 2. The van der Waals surface area contributed by atoms with Gasteiger partial charge in [-0.25, -0.2) is 19.3 Å².